The zero-order valence-electron chi connectivity index (χ0n) is 13.8. The van der Waals surface area contributed by atoms with E-state index >= 15 is 0 Å². The summed E-state index contributed by atoms with van der Waals surface area (Å²) < 4.78 is 5.36. The highest BCUT2D eigenvalue weighted by Crippen LogP contribution is 2.10. The summed E-state index contributed by atoms with van der Waals surface area (Å²) in [4.78, 5) is 13.7. The van der Waals surface area contributed by atoms with E-state index in [1.807, 2.05) is 18.3 Å². The van der Waals surface area contributed by atoms with Crippen LogP contribution in [0, 0.1) is 0 Å². The van der Waals surface area contributed by atoms with Gasteiger partial charge < -0.3 is 4.52 Å². The number of piperazine rings is 1. The van der Waals surface area contributed by atoms with Crippen molar-refractivity contribution < 1.29 is 4.52 Å². The summed E-state index contributed by atoms with van der Waals surface area (Å²) in [7, 11) is 0. The first-order chi connectivity index (χ1) is 11.3. The van der Waals surface area contributed by atoms with Crippen LogP contribution in [0.5, 0.6) is 0 Å². The summed E-state index contributed by atoms with van der Waals surface area (Å²) in [6.45, 7) is 8.01. The van der Waals surface area contributed by atoms with Gasteiger partial charge in [-0.3, -0.25) is 14.8 Å². The zero-order valence-corrected chi connectivity index (χ0v) is 13.8. The zero-order chi connectivity index (χ0) is 15.9. The van der Waals surface area contributed by atoms with Crippen LogP contribution in [0.25, 0.3) is 0 Å². The van der Waals surface area contributed by atoms with Crippen LogP contribution >= 0.6 is 0 Å². The standard InChI is InChI=1S/C17H25N5O/c1-2-3-7-16-19-17(23-20-16)14-22-11-9-21(10-12-22)13-15-6-4-5-8-18-15/h4-6,8H,2-3,7,9-14H2,1H3. The van der Waals surface area contributed by atoms with Gasteiger partial charge in [-0.05, 0) is 18.6 Å². The van der Waals surface area contributed by atoms with Crippen LogP contribution in [-0.2, 0) is 19.5 Å². The Kier molecular flexibility index (Phi) is 5.71. The van der Waals surface area contributed by atoms with Gasteiger partial charge in [-0.2, -0.15) is 4.98 Å². The lowest BCUT2D eigenvalue weighted by atomic mass is 10.2. The predicted molar refractivity (Wildman–Crippen MR) is 87.7 cm³/mol. The third kappa shape index (κ3) is 4.84. The van der Waals surface area contributed by atoms with E-state index in [0.29, 0.717) is 0 Å². The molecule has 0 radical (unpaired) electrons. The Labute approximate surface area is 137 Å². The fourth-order valence-electron chi connectivity index (χ4n) is 2.81. The van der Waals surface area contributed by atoms with E-state index in [1.165, 1.54) is 0 Å². The Balaban J connectivity index is 1.43. The molecule has 23 heavy (non-hydrogen) atoms. The molecule has 1 aliphatic rings. The first kappa shape index (κ1) is 16.1. The van der Waals surface area contributed by atoms with Crippen molar-refractivity contribution in [2.75, 3.05) is 26.2 Å². The molecule has 0 N–H and O–H groups in total. The van der Waals surface area contributed by atoms with Crippen molar-refractivity contribution in [1.29, 1.82) is 0 Å². The lowest BCUT2D eigenvalue weighted by molar-refractivity contribution is 0.111. The van der Waals surface area contributed by atoms with Crippen LogP contribution in [0.4, 0.5) is 0 Å². The van der Waals surface area contributed by atoms with Crippen LogP contribution in [0.1, 0.15) is 37.2 Å². The number of hydrogen-bond acceptors (Lipinski definition) is 6. The van der Waals surface area contributed by atoms with Gasteiger partial charge >= 0.3 is 0 Å². The SMILES string of the molecule is CCCCc1noc(CN2CCN(Cc3ccccn3)CC2)n1. The largest absolute Gasteiger partial charge is 0.338 e. The van der Waals surface area contributed by atoms with Crippen LogP contribution in [0.15, 0.2) is 28.9 Å². The normalized spacial score (nSPS) is 16.7. The van der Waals surface area contributed by atoms with Crippen molar-refractivity contribution in [1.82, 2.24) is 24.9 Å². The quantitative estimate of drug-likeness (QED) is 0.780. The van der Waals surface area contributed by atoms with Crippen LogP contribution in [0.3, 0.4) is 0 Å². The Morgan fingerprint density at radius 2 is 1.87 bits per heavy atom. The van der Waals surface area contributed by atoms with Gasteiger partial charge in [-0.25, -0.2) is 0 Å². The minimum Gasteiger partial charge on any atom is -0.338 e. The number of pyridine rings is 1. The van der Waals surface area contributed by atoms with Crippen molar-refractivity contribution in [3.05, 3.63) is 41.8 Å². The van der Waals surface area contributed by atoms with Crippen molar-refractivity contribution in [2.45, 2.75) is 39.3 Å². The summed E-state index contributed by atoms with van der Waals surface area (Å²) >= 11 is 0. The number of hydrogen-bond donors (Lipinski definition) is 0. The number of nitrogens with zero attached hydrogens (tertiary/aromatic N) is 5. The summed E-state index contributed by atoms with van der Waals surface area (Å²) in [6, 6.07) is 6.09. The highest BCUT2D eigenvalue weighted by atomic mass is 16.5. The van der Waals surface area contributed by atoms with E-state index in [-0.39, 0.29) is 0 Å². The molecular formula is C17H25N5O. The van der Waals surface area contributed by atoms with Gasteiger partial charge in [0, 0.05) is 45.3 Å². The monoisotopic (exact) mass is 315 g/mol. The van der Waals surface area contributed by atoms with E-state index < -0.39 is 0 Å². The smallest absolute Gasteiger partial charge is 0.240 e. The molecule has 6 nitrogen and oxygen atoms in total. The summed E-state index contributed by atoms with van der Waals surface area (Å²) in [5.74, 6) is 1.59. The number of unbranched alkanes of at least 4 members (excludes halogenated alkanes) is 1. The van der Waals surface area contributed by atoms with Crippen LogP contribution < -0.4 is 0 Å². The highest BCUT2D eigenvalue weighted by molar-refractivity contribution is 5.03. The fourth-order valence-corrected chi connectivity index (χ4v) is 2.81. The maximum Gasteiger partial charge on any atom is 0.240 e. The van der Waals surface area contributed by atoms with Gasteiger partial charge in [0.15, 0.2) is 5.82 Å². The van der Waals surface area contributed by atoms with E-state index in [0.717, 1.165) is 75.9 Å². The van der Waals surface area contributed by atoms with Crippen molar-refractivity contribution in [2.24, 2.45) is 0 Å². The van der Waals surface area contributed by atoms with Gasteiger partial charge in [-0.15, -0.1) is 0 Å². The Hall–Kier alpha value is -1.79. The van der Waals surface area contributed by atoms with E-state index in [4.69, 9.17) is 4.52 Å². The molecular weight excluding hydrogens is 290 g/mol. The van der Waals surface area contributed by atoms with Crippen LogP contribution in [-0.4, -0.2) is 51.1 Å². The molecule has 3 heterocycles. The van der Waals surface area contributed by atoms with Crippen molar-refractivity contribution in [3.8, 4) is 0 Å². The maximum atomic E-state index is 5.36. The summed E-state index contributed by atoms with van der Waals surface area (Å²) in [5.41, 5.74) is 1.14. The topological polar surface area (TPSA) is 58.3 Å². The Morgan fingerprint density at radius 3 is 2.57 bits per heavy atom. The number of aryl methyl sites for hydroxylation is 1. The summed E-state index contributed by atoms with van der Waals surface area (Å²) in [6.07, 6.45) is 5.04. The maximum absolute atomic E-state index is 5.36. The molecule has 2 aromatic heterocycles. The molecule has 1 saturated heterocycles. The Morgan fingerprint density at radius 1 is 1.09 bits per heavy atom. The molecule has 1 aliphatic heterocycles. The average molecular weight is 315 g/mol. The first-order valence-corrected chi connectivity index (χ1v) is 8.49. The summed E-state index contributed by atoms with van der Waals surface area (Å²) in [5, 5.41) is 4.06. The average Bonchev–Trinajstić information content (AvgIpc) is 3.03. The minimum atomic E-state index is 0.745. The highest BCUT2D eigenvalue weighted by Gasteiger charge is 2.19. The molecule has 0 aliphatic carbocycles. The molecule has 0 aromatic carbocycles. The number of aromatic nitrogens is 3. The molecule has 0 bridgehead atoms. The second kappa shape index (κ2) is 8.17. The molecule has 0 atom stereocenters. The van der Waals surface area contributed by atoms with E-state index in [9.17, 15) is 0 Å². The van der Waals surface area contributed by atoms with Gasteiger partial charge in [0.1, 0.15) is 0 Å². The third-order valence-electron chi connectivity index (χ3n) is 4.20. The predicted octanol–water partition coefficient (Wildman–Crippen LogP) is 2.12. The molecule has 2 aromatic rings. The van der Waals surface area contributed by atoms with Crippen LogP contribution in [0.2, 0.25) is 0 Å². The van der Waals surface area contributed by atoms with E-state index in [2.05, 4.69) is 37.9 Å². The Bertz CT molecular complexity index is 578. The lowest BCUT2D eigenvalue weighted by Crippen LogP contribution is -2.45. The van der Waals surface area contributed by atoms with E-state index in [1.54, 1.807) is 0 Å². The lowest BCUT2D eigenvalue weighted by Gasteiger charge is -2.33. The third-order valence-corrected chi connectivity index (χ3v) is 4.20. The van der Waals surface area contributed by atoms with Crippen molar-refractivity contribution >= 4 is 0 Å². The van der Waals surface area contributed by atoms with Gasteiger partial charge in [0.25, 0.3) is 0 Å². The molecule has 0 spiro atoms. The molecule has 0 unspecified atom stereocenters. The minimum absolute atomic E-state index is 0.745. The van der Waals surface area contributed by atoms with Gasteiger partial charge in [-0.1, -0.05) is 24.6 Å². The molecule has 1 fully saturated rings. The molecule has 3 rings (SSSR count). The second-order valence-corrected chi connectivity index (χ2v) is 6.08. The number of rotatable bonds is 7. The molecule has 6 heteroatoms. The fraction of sp³-hybridized carbons (Fsp3) is 0.588. The molecule has 124 valence electrons. The molecule has 0 amide bonds. The van der Waals surface area contributed by atoms with Gasteiger partial charge in [0.2, 0.25) is 5.89 Å². The first-order valence-electron chi connectivity index (χ1n) is 8.49. The molecule has 0 saturated carbocycles. The van der Waals surface area contributed by atoms with Crippen molar-refractivity contribution in [3.63, 3.8) is 0 Å². The second-order valence-electron chi connectivity index (χ2n) is 6.08. The van der Waals surface area contributed by atoms with Gasteiger partial charge in [0.05, 0.1) is 12.2 Å².